The van der Waals surface area contributed by atoms with Crippen molar-refractivity contribution in [2.24, 2.45) is 11.8 Å². The van der Waals surface area contributed by atoms with E-state index in [1.54, 1.807) is 14.2 Å². The van der Waals surface area contributed by atoms with Gasteiger partial charge in [-0.15, -0.1) is 0 Å². The fourth-order valence-corrected chi connectivity index (χ4v) is 3.90. The molecule has 0 atom stereocenters. The molecule has 7 nitrogen and oxygen atoms in total. The zero-order valence-corrected chi connectivity index (χ0v) is 16.4. The molecule has 2 aromatic rings. The minimum absolute atomic E-state index is 0.0480. The Morgan fingerprint density at radius 3 is 2.46 bits per heavy atom. The van der Waals surface area contributed by atoms with Crippen LogP contribution in [0.2, 0.25) is 0 Å². The average molecular weight is 388 g/mol. The van der Waals surface area contributed by atoms with Crippen LogP contribution in [0.1, 0.15) is 37.8 Å². The summed E-state index contributed by atoms with van der Waals surface area (Å²) < 4.78 is 10.7. The van der Waals surface area contributed by atoms with Crippen LogP contribution in [0, 0.1) is 11.8 Å². The predicted octanol–water partition coefficient (Wildman–Crippen LogP) is 3.12. The number of carboxylic acids is 1. The number of aliphatic carboxylic acids is 1. The Bertz CT molecular complexity index is 837. The van der Waals surface area contributed by atoms with Gasteiger partial charge in [0.25, 0.3) is 0 Å². The first-order valence-electron chi connectivity index (χ1n) is 9.76. The zero-order valence-electron chi connectivity index (χ0n) is 16.4. The monoisotopic (exact) mass is 388 g/mol. The molecule has 0 bridgehead atoms. The standard InChI is InChI=1S/C21H28N2O5/c1-27-16-11-18-17(19(12-16)28-2)10-15(23-18)4-3-9-22-20(24)13-5-7-14(8-6-13)21(25)26/h10-14,23H,3-9H2,1-2H3,(H,22,24)(H,25,26). The fraction of sp³-hybridized carbons (Fsp3) is 0.524. The molecule has 152 valence electrons. The van der Waals surface area contributed by atoms with E-state index in [0.29, 0.717) is 32.2 Å². The second kappa shape index (κ2) is 8.99. The summed E-state index contributed by atoms with van der Waals surface area (Å²) in [5, 5.41) is 13.0. The van der Waals surface area contributed by atoms with Gasteiger partial charge in [-0.2, -0.15) is 0 Å². The van der Waals surface area contributed by atoms with Crippen LogP contribution in [0.15, 0.2) is 18.2 Å². The molecule has 1 aromatic carbocycles. The zero-order chi connectivity index (χ0) is 20.1. The maximum Gasteiger partial charge on any atom is 0.306 e. The van der Waals surface area contributed by atoms with E-state index in [1.807, 2.05) is 12.1 Å². The summed E-state index contributed by atoms with van der Waals surface area (Å²) in [5.74, 6) is 0.463. The van der Waals surface area contributed by atoms with Crippen molar-refractivity contribution in [1.29, 1.82) is 0 Å². The van der Waals surface area contributed by atoms with Gasteiger partial charge in [-0.05, 0) is 44.6 Å². The van der Waals surface area contributed by atoms with Crippen molar-refractivity contribution in [3.63, 3.8) is 0 Å². The molecule has 0 unspecified atom stereocenters. The third-order valence-corrected chi connectivity index (χ3v) is 5.55. The molecule has 7 heteroatoms. The number of hydrogen-bond donors (Lipinski definition) is 3. The number of aromatic amines is 1. The highest BCUT2D eigenvalue weighted by Gasteiger charge is 2.29. The molecule has 1 aliphatic rings. The van der Waals surface area contributed by atoms with Crippen LogP contribution in [0.5, 0.6) is 11.5 Å². The van der Waals surface area contributed by atoms with Crippen molar-refractivity contribution in [2.75, 3.05) is 20.8 Å². The van der Waals surface area contributed by atoms with Crippen molar-refractivity contribution in [3.8, 4) is 11.5 Å². The van der Waals surface area contributed by atoms with E-state index in [1.165, 1.54) is 0 Å². The highest BCUT2D eigenvalue weighted by molar-refractivity contribution is 5.88. The van der Waals surface area contributed by atoms with Crippen LogP contribution in [0.25, 0.3) is 10.9 Å². The summed E-state index contributed by atoms with van der Waals surface area (Å²) in [7, 11) is 3.27. The Balaban J connectivity index is 1.47. The van der Waals surface area contributed by atoms with E-state index < -0.39 is 5.97 Å². The first-order chi connectivity index (χ1) is 13.5. The predicted molar refractivity (Wildman–Crippen MR) is 106 cm³/mol. The quantitative estimate of drug-likeness (QED) is 0.603. The molecule has 1 aliphatic carbocycles. The van der Waals surface area contributed by atoms with Gasteiger partial charge in [0.05, 0.1) is 25.7 Å². The lowest BCUT2D eigenvalue weighted by molar-refractivity contribution is -0.144. The summed E-state index contributed by atoms with van der Waals surface area (Å²) in [6, 6.07) is 5.87. The van der Waals surface area contributed by atoms with E-state index in [2.05, 4.69) is 16.4 Å². The third-order valence-electron chi connectivity index (χ3n) is 5.55. The Kier molecular flexibility index (Phi) is 6.44. The summed E-state index contributed by atoms with van der Waals surface area (Å²) in [6.07, 6.45) is 4.13. The average Bonchev–Trinajstić information content (AvgIpc) is 3.13. The summed E-state index contributed by atoms with van der Waals surface area (Å²) in [4.78, 5) is 26.7. The molecule has 0 radical (unpaired) electrons. The van der Waals surface area contributed by atoms with Gasteiger partial charge in [0.15, 0.2) is 0 Å². The van der Waals surface area contributed by atoms with Crippen molar-refractivity contribution >= 4 is 22.8 Å². The molecule has 3 N–H and O–H groups in total. The molecular formula is C21H28N2O5. The highest BCUT2D eigenvalue weighted by Crippen LogP contribution is 2.32. The number of nitrogens with one attached hydrogen (secondary N) is 2. The normalized spacial score (nSPS) is 19.4. The van der Waals surface area contributed by atoms with Crippen molar-refractivity contribution in [2.45, 2.75) is 38.5 Å². The number of rotatable bonds is 8. The lowest BCUT2D eigenvalue weighted by Gasteiger charge is -2.25. The highest BCUT2D eigenvalue weighted by atomic mass is 16.5. The number of methoxy groups -OCH3 is 2. The van der Waals surface area contributed by atoms with E-state index in [4.69, 9.17) is 14.6 Å². The van der Waals surface area contributed by atoms with E-state index in [-0.39, 0.29) is 17.7 Å². The molecule has 0 spiro atoms. The lowest BCUT2D eigenvalue weighted by atomic mass is 9.81. The number of H-pyrrole nitrogens is 1. The van der Waals surface area contributed by atoms with Gasteiger partial charge in [0.2, 0.25) is 5.91 Å². The Morgan fingerprint density at radius 1 is 1.11 bits per heavy atom. The van der Waals surface area contributed by atoms with Crippen LogP contribution in [-0.2, 0) is 16.0 Å². The molecule has 3 rings (SSSR count). The van der Waals surface area contributed by atoms with Gasteiger partial charge in [-0.25, -0.2) is 0 Å². The SMILES string of the molecule is COc1cc(OC)c2cc(CCCNC(=O)C3CCC(C(=O)O)CC3)[nH]c2c1. The largest absolute Gasteiger partial charge is 0.497 e. The van der Waals surface area contributed by atoms with Gasteiger partial charge in [0, 0.05) is 35.7 Å². The summed E-state index contributed by atoms with van der Waals surface area (Å²) in [5.41, 5.74) is 2.04. The number of carbonyl (C=O) groups excluding carboxylic acids is 1. The second-order valence-corrected chi connectivity index (χ2v) is 7.37. The van der Waals surface area contributed by atoms with Crippen molar-refractivity contribution in [3.05, 3.63) is 23.9 Å². The molecule has 1 saturated carbocycles. The number of ether oxygens (including phenoxy) is 2. The maximum absolute atomic E-state index is 12.3. The maximum atomic E-state index is 12.3. The van der Waals surface area contributed by atoms with Gasteiger partial charge in [0.1, 0.15) is 11.5 Å². The summed E-state index contributed by atoms with van der Waals surface area (Å²) in [6.45, 7) is 0.605. The van der Waals surface area contributed by atoms with Crippen molar-refractivity contribution < 1.29 is 24.2 Å². The molecular weight excluding hydrogens is 360 g/mol. The van der Waals surface area contributed by atoms with Crippen LogP contribution in [-0.4, -0.2) is 42.7 Å². The molecule has 1 aromatic heterocycles. The van der Waals surface area contributed by atoms with Gasteiger partial charge in [-0.3, -0.25) is 9.59 Å². The van der Waals surface area contributed by atoms with E-state index in [0.717, 1.165) is 40.9 Å². The first kappa shape index (κ1) is 20.0. The lowest BCUT2D eigenvalue weighted by Crippen LogP contribution is -2.35. The van der Waals surface area contributed by atoms with Crippen molar-refractivity contribution in [1.82, 2.24) is 10.3 Å². The third kappa shape index (κ3) is 4.58. The van der Waals surface area contributed by atoms with Gasteiger partial charge in [-0.1, -0.05) is 0 Å². The minimum atomic E-state index is -0.744. The number of amides is 1. The van der Waals surface area contributed by atoms with E-state index >= 15 is 0 Å². The number of aromatic nitrogens is 1. The second-order valence-electron chi connectivity index (χ2n) is 7.37. The molecule has 0 saturated heterocycles. The van der Waals surface area contributed by atoms with E-state index in [9.17, 15) is 9.59 Å². The molecule has 1 fully saturated rings. The fourth-order valence-electron chi connectivity index (χ4n) is 3.90. The smallest absolute Gasteiger partial charge is 0.306 e. The minimum Gasteiger partial charge on any atom is -0.497 e. The van der Waals surface area contributed by atoms with Gasteiger partial charge < -0.3 is 24.9 Å². The Morgan fingerprint density at radius 2 is 1.82 bits per heavy atom. The van der Waals surface area contributed by atoms with Crippen LogP contribution < -0.4 is 14.8 Å². The van der Waals surface area contributed by atoms with Crippen LogP contribution >= 0.6 is 0 Å². The topological polar surface area (TPSA) is 101 Å². The molecule has 1 heterocycles. The van der Waals surface area contributed by atoms with Crippen LogP contribution in [0.3, 0.4) is 0 Å². The number of benzene rings is 1. The summed E-state index contributed by atoms with van der Waals surface area (Å²) >= 11 is 0. The van der Waals surface area contributed by atoms with Gasteiger partial charge >= 0.3 is 5.97 Å². The number of hydrogen-bond acceptors (Lipinski definition) is 4. The first-order valence-corrected chi connectivity index (χ1v) is 9.76. The Labute approximate surface area is 164 Å². The van der Waals surface area contributed by atoms with Crippen LogP contribution in [0.4, 0.5) is 0 Å². The number of carboxylic acid groups (broad SMARTS) is 1. The molecule has 1 amide bonds. The number of fused-ring (bicyclic) bond motifs is 1. The Hall–Kier alpha value is -2.70. The number of aryl methyl sites for hydroxylation is 1. The molecule has 28 heavy (non-hydrogen) atoms. The molecule has 0 aliphatic heterocycles. The number of carbonyl (C=O) groups is 2.